The smallest absolute Gasteiger partial charge is 0.222 e. The Morgan fingerprint density at radius 1 is 1.13 bits per heavy atom. The van der Waals surface area contributed by atoms with E-state index in [0.29, 0.717) is 32.6 Å². The van der Waals surface area contributed by atoms with Gasteiger partial charge in [0.2, 0.25) is 5.91 Å². The Balaban J connectivity index is 1.67. The second-order valence-corrected chi connectivity index (χ2v) is 7.78. The fourth-order valence-corrected chi connectivity index (χ4v) is 4.13. The summed E-state index contributed by atoms with van der Waals surface area (Å²) in [7, 11) is 1.88. The first-order valence-electron chi connectivity index (χ1n) is 10.3. The van der Waals surface area contributed by atoms with Crippen molar-refractivity contribution < 1.29 is 4.79 Å². The highest BCUT2D eigenvalue weighted by Gasteiger charge is 2.26. The lowest BCUT2D eigenvalue weighted by atomic mass is 10.1. The molecule has 5 heterocycles. The molecular weight excluding hydrogens is 380 g/mol. The molecule has 0 atom stereocenters. The average Bonchev–Trinajstić information content (AvgIpc) is 3.41. The lowest BCUT2D eigenvalue weighted by Crippen LogP contribution is -2.30. The maximum Gasteiger partial charge on any atom is 0.222 e. The number of aromatic nitrogens is 6. The molecule has 0 radical (unpaired) electrons. The minimum Gasteiger partial charge on any atom is -0.337 e. The summed E-state index contributed by atoms with van der Waals surface area (Å²) in [5.41, 5.74) is 6.88. The van der Waals surface area contributed by atoms with E-state index in [1.54, 1.807) is 10.9 Å². The van der Waals surface area contributed by atoms with Crippen molar-refractivity contribution in [3.05, 3.63) is 46.9 Å². The van der Waals surface area contributed by atoms with Gasteiger partial charge in [0.05, 0.1) is 47.8 Å². The average molecular weight is 404 g/mol. The van der Waals surface area contributed by atoms with Crippen LogP contribution < -0.4 is 0 Å². The third-order valence-electron chi connectivity index (χ3n) is 5.70. The molecule has 4 bridgehead atoms. The predicted molar refractivity (Wildman–Crippen MR) is 111 cm³/mol. The Bertz CT molecular complexity index is 1170. The molecule has 0 saturated carbocycles. The largest absolute Gasteiger partial charge is 0.337 e. The maximum absolute atomic E-state index is 12.8. The van der Waals surface area contributed by atoms with Gasteiger partial charge in [0, 0.05) is 50.1 Å². The van der Waals surface area contributed by atoms with Crippen LogP contribution in [-0.2, 0) is 31.5 Å². The Labute approximate surface area is 174 Å². The van der Waals surface area contributed by atoms with E-state index in [4.69, 9.17) is 9.98 Å². The standard InChI is InChI=1S/C21H24N8O/c1-4-28-12-18-15(10-27(3)26-18)16-8-22-17-9-23-20(21(17)24-16)14-11-29(25-13(14)2)7-5-6-19(28)30/h8,10-11H,4-7,9,12H2,1-3H3. The zero-order valence-electron chi connectivity index (χ0n) is 17.5. The first-order chi connectivity index (χ1) is 14.5. The van der Waals surface area contributed by atoms with Crippen molar-refractivity contribution in [3.8, 4) is 11.3 Å². The van der Waals surface area contributed by atoms with Gasteiger partial charge in [0.15, 0.2) is 0 Å². The lowest BCUT2D eigenvalue weighted by molar-refractivity contribution is -0.131. The van der Waals surface area contributed by atoms with Crippen molar-refractivity contribution in [2.75, 3.05) is 6.54 Å². The second-order valence-electron chi connectivity index (χ2n) is 7.78. The number of aliphatic imine (C=N–C) groups is 1. The summed E-state index contributed by atoms with van der Waals surface area (Å²) in [6, 6.07) is 0. The number of hydrogen-bond acceptors (Lipinski definition) is 6. The number of fused-ring (bicyclic) bond motifs is 6. The van der Waals surface area contributed by atoms with Gasteiger partial charge in [-0.3, -0.25) is 24.1 Å². The molecule has 0 aliphatic carbocycles. The summed E-state index contributed by atoms with van der Waals surface area (Å²) in [6.07, 6.45) is 6.94. The van der Waals surface area contributed by atoms with Crippen LogP contribution in [0.3, 0.4) is 0 Å². The number of hydrogen-bond donors (Lipinski definition) is 0. The Hall–Kier alpha value is -3.36. The van der Waals surface area contributed by atoms with Crippen LogP contribution in [0, 0.1) is 6.92 Å². The molecule has 3 aromatic rings. The molecule has 2 aliphatic rings. The van der Waals surface area contributed by atoms with Crippen LogP contribution >= 0.6 is 0 Å². The van der Waals surface area contributed by atoms with Crippen molar-refractivity contribution in [1.29, 1.82) is 0 Å². The Morgan fingerprint density at radius 2 is 2.00 bits per heavy atom. The Kier molecular flexibility index (Phi) is 4.45. The van der Waals surface area contributed by atoms with E-state index in [1.807, 2.05) is 42.9 Å². The van der Waals surface area contributed by atoms with E-state index in [2.05, 4.69) is 15.2 Å². The minimum absolute atomic E-state index is 0.124. The highest BCUT2D eigenvalue weighted by atomic mass is 16.2. The number of nitrogens with zero attached hydrogens (tertiary/aromatic N) is 8. The molecule has 0 fully saturated rings. The fraction of sp³-hybridized carbons (Fsp3) is 0.429. The maximum atomic E-state index is 12.8. The van der Waals surface area contributed by atoms with Crippen molar-refractivity contribution >= 4 is 11.6 Å². The third-order valence-corrected chi connectivity index (χ3v) is 5.70. The zero-order valence-corrected chi connectivity index (χ0v) is 17.5. The molecule has 5 rings (SSSR count). The highest BCUT2D eigenvalue weighted by Crippen LogP contribution is 2.27. The van der Waals surface area contributed by atoms with Gasteiger partial charge in [0.25, 0.3) is 0 Å². The van der Waals surface area contributed by atoms with Crippen molar-refractivity contribution in [1.82, 2.24) is 34.4 Å². The molecule has 0 unspecified atom stereocenters. The van der Waals surface area contributed by atoms with Crippen molar-refractivity contribution in [2.45, 2.75) is 46.3 Å². The fourth-order valence-electron chi connectivity index (χ4n) is 4.13. The van der Waals surface area contributed by atoms with E-state index in [0.717, 1.165) is 51.7 Å². The molecule has 30 heavy (non-hydrogen) atoms. The summed E-state index contributed by atoms with van der Waals surface area (Å²) >= 11 is 0. The lowest BCUT2D eigenvalue weighted by Gasteiger charge is -2.20. The van der Waals surface area contributed by atoms with E-state index >= 15 is 0 Å². The van der Waals surface area contributed by atoms with Gasteiger partial charge in [0.1, 0.15) is 5.69 Å². The van der Waals surface area contributed by atoms with Crippen LogP contribution in [0.4, 0.5) is 0 Å². The van der Waals surface area contributed by atoms with Crippen molar-refractivity contribution in [3.63, 3.8) is 0 Å². The summed E-state index contributed by atoms with van der Waals surface area (Å²) in [5, 5.41) is 9.25. The normalized spacial score (nSPS) is 16.2. The van der Waals surface area contributed by atoms with Crippen LogP contribution in [-0.4, -0.2) is 52.6 Å². The second kappa shape index (κ2) is 7.16. The number of aryl methyl sites for hydroxylation is 3. The molecule has 154 valence electrons. The van der Waals surface area contributed by atoms with Crippen LogP contribution in [0.5, 0.6) is 0 Å². The minimum atomic E-state index is 0.124. The molecule has 0 N–H and O–H groups in total. The quantitative estimate of drug-likeness (QED) is 0.617. The topological polar surface area (TPSA) is 94.1 Å². The van der Waals surface area contributed by atoms with Crippen LogP contribution in [0.25, 0.3) is 11.3 Å². The van der Waals surface area contributed by atoms with E-state index in [-0.39, 0.29) is 5.91 Å². The summed E-state index contributed by atoms with van der Waals surface area (Å²) < 4.78 is 3.67. The summed E-state index contributed by atoms with van der Waals surface area (Å²) in [6.45, 7) is 6.28. The summed E-state index contributed by atoms with van der Waals surface area (Å²) in [4.78, 5) is 29.0. The molecule has 0 saturated heterocycles. The number of amides is 1. The first kappa shape index (κ1) is 18.7. The predicted octanol–water partition coefficient (Wildman–Crippen LogP) is 1.88. The molecule has 1 amide bonds. The number of carbonyl (C=O) groups is 1. The molecule has 0 spiro atoms. The van der Waals surface area contributed by atoms with Gasteiger partial charge in [-0.1, -0.05) is 0 Å². The summed E-state index contributed by atoms with van der Waals surface area (Å²) in [5.74, 6) is 0.124. The third kappa shape index (κ3) is 3.10. The molecule has 2 aliphatic heterocycles. The van der Waals surface area contributed by atoms with Gasteiger partial charge < -0.3 is 4.90 Å². The van der Waals surface area contributed by atoms with Crippen molar-refractivity contribution in [2.24, 2.45) is 12.0 Å². The van der Waals surface area contributed by atoms with Gasteiger partial charge in [-0.05, 0) is 20.3 Å². The van der Waals surface area contributed by atoms with E-state index < -0.39 is 0 Å². The van der Waals surface area contributed by atoms with Gasteiger partial charge >= 0.3 is 0 Å². The SMILES string of the molecule is CCN1Cc2nn(C)cc2-c2cnc3c(n2)C(=NC3)c2cn(nc2C)CCCC1=O. The monoisotopic (exact) mass is 404 g/mol. The van der Waals surface area contributed by atoms with E-state index in [9.17, 15) is 4.79 Å². The number of rotatable bonds is 1. The molecule has 0 aromatic carbocycles. The molecule has 9 nitrogen and oxygen atoms in total. The zero-order chi connectivity index (χ0) is 20.8. The Morgan fingerprint density at radius 3 is 2.83 bits per heavy atom. The van der Waals surface area contributed by atoms with Gasteiger partial charge in [-0.15, -0.1) is 0 Å². The van der Waals surface area contributed by atoms with Crippen LogP contribution in [0.2, 0.25) is 0 Å². The van der Waals surface area contributed by atoms with Crippen LogP contribution in [0.1, 0.15) is 48.1 Å². The first-order valence-corrected chi connectivity index (χ1v) is 10.3. The molecule has 9 heteroatoms. The molecule has 3 aromatic heterocycles. The number of carbonyl (C=O) groups excluding carboxylic acids is 1. The van der Waals surface area contributed by atoms with Gasteiger partial charge in [-0.2, -0.15) is 10.2 Å². The highest BCUT2D eigenvalue weighted by molar-refractivity contribution is 6.14. The van der Waals surface area contributed by atoms with E-state index in [1.165, 1.54) is 0 Å². The van der Waals surface area contributed by atoms with Gasteiger partial charge in [-0.25, -0.2) is 4.98 Å². The molecular formula is C21H24N8O. The van der Waals surface area contributed by atoms with Crippen LogP contribution in [0.15, 0.2) is 23.6 Å².